The highest BCUT2D eigenvalue weighted by Crippen LogP contribution is 2.34. The lowest BCUT2D eigenvalue weighted by Crippen LogP contribution is -1.96. The lowest BCUT2D eigenvalue weighted by molar-refractivity contribution is 0.457. The lowest BCUT2D eigenvalue weighted by Gasteiger charge is -2.15. The minimum Gasteiger partial charge on any atom is -0.508 e. The first-order valence-electron chi connectivity index (χ1n) is 7.39. The average Bonchev–Trinajstić information content (AvgIpc) is 2.56. The van der Waals surface area contributed by atoms with Gasteiger partial charge in [-0.05, 0) is 24.3 Å². The van der Waals surface area contributed by atoms with Gasteiger partial charge in [-0.3, -0.25) is 0 Å². The monoisotopic (exact) mass is 308 g/mol. The van der Waals surface area contributed by atoms with Crippen LogP contribution in [0.2, 0.25) is 0 Å². The van der Waals surface area contributed by atoms with Gasteiger partial charge in [0.25, 0.3) is 0 Å². The molecule has 0 radical (unpaired) electrons. The largest absolute Gasteiger partial charge is 0.508 e. The maximum atomic E-state index is 9.75. The average molecular weight is 308 g/mol. The Labute approximate surface area is 136 Å². The highest BCUT2D eigenvalue weighted by molar-refractivity contribution is 5.45. The van der Waals surface area contributed by atoms with E-state index in [1.54, 1.807) is 48.5 Å². The van der Waals surface area contributed by atoms with Gasteiger partial charge in [-0.1, -0.05) is 61.5 Å². The van der Waals surface area contributed by atoms with Gasteiger partial charge in [-0.15, -0.1) is 0 Å². The molecule has 3 aromatic carbocycles. The molecule has 23 heavy (non-hydrogen) atoms. The molecule has 0 aliphatic carbocycles. The number of hydrogen-bond acceptors (Lipinski definition) is 3. The van der Waals surface area contributed by atoms with Crippen LogP contribution in [0.1, 0.15) is 24.0 Å². The van der Waals surface area contributed by atoms with Crippen molar-refractivity contribution in [3.63, 3.8) is 0 Å². The molecule has 0 aromatic heterocycles. The highest BCUT2D eigenvalue weighted by Gasteiger charge is 2.14. The van der Waals surface area contributed by atoms with Crippen molar-refractivity contribution in [3.05, 3.63) is 90.0 Å². The number of phenolic OH excluding ortho intramolecular Hbond substituents is 3. The van der Waals surface area contributed by atoms with Gasteiger partial charge in [-0.25, -0.2) is 0 Å². The summed E-state index contributed by atoms with van der Waals surface area (Å²) in [5.41, 5.74) is 1.65. The van der Waals surface area contributed by atoms with E-state index in [1.165, 1.54) is 0 Å². The first-order valence-corrected chi connectivity index (χ1v) is 7.39. The van der Waals surface area contributed by atoms with Crippen LogP contribution in [0.5, 0.6) is 17.2 Å². The second kappa shape index (κ2) is 7.90. The van der Waals surface area contributed by atoms with Crippen LogP contribution in [-0.2, 0) is 0 Å². The second-order valence-corrected chi connectivity index (χ2v) is 5.17. The van der Waals surface area contributed by atoms with Gasteiger partial charge in [0.2, 0.25) is 0 Å². The summed E-state index contributed by atoms with van der Waals surface area (Å²) in [4.78, 5) is 0. The molecule has 118 valence electrons. The van der Waals surface area contributed by atoms with Crippen LogP contribution in [0.15, 0.2) is 78.9 Å². The van der Waals surface area contributed by atoms with Crippen molar-refractivity contribution in [3.8, 4) is 17.2 Å². The Morgan fingerprint density at radius 3 is 1.30 bits per heavy atom. The topological polar surface area (TPSA) is 60.7 Å². The van der Waals surface area contributed by atoms with E-state index in [0.717, 1.165) is 11.1 Å². The Bertz CT molecular complexity index is 693. The van der Waals surface area contributed by atoms with Crippen molar-refractivity contribution >= 4 is 0 Å². The molecule has 0 saturated carbocycles. The quantitative estimate of drug-likeness (QED) is 0.646. The van der Waals surface area contributed by atoms with E-state index in [0.29, 0.717) is 5.75 Å². The van der Waals surface area contributed by atoms with E-state index in [9.17, 15) is 10.2 Å². The Balaban J connectivity index is 0.000000229. The summed E-state index contributed by atoms with van der Waals surface area (Å²) in [6, 6.07) is 23.1. The van der Waals surface area contributed by atoms with Crippen molar-refractivity contribution < 1.29 is 15.3 Å². The molecule has 3 heteroatoms. The molecule has 0 fully saturated rings. The third-order valence-electron chi connectivity index (χ3n) is 3.56. The fourth-order valence-electron chi connectivity index (χ4n) is 2.30. The van der Waals surface area contributed by atoms with E-state index >= 15 is 0 Å². The normalized spacial score (nSPS) is 10.0. The van der Waals surface area contributed by atoms with Gasteiger partial charge >= 0.3 is 0 Å². The maximum absolute atomic E-state index is 9.75. The molecule has 0 spiro atoms. The number of hydrogen-bond donors (Lipinski definition) is 3. The smallest absolute Gasteiger partial charge is 0.119 e. The van der Waals surface area contributed by atoms with E-state index in [4.69, 9.17) is 5.11 Å². The summed E-state index contributed by atoms with van der Waals surface area (Å²) < 4.78 is 0. The van der Waals surface area contributed by atoms with Gasteiger partial charge in [0.1, 0.15) is 17.2 Å². The summed E-state index contributed by atoms with van der Waals surface area (Å²) in [7, 11) is 0. The summed E-state index contributed by atoms with van der Waals surface area (Å²) in [6.07, 6.45) is 0. The van der Waals surface area contributed by atoms with Gasteiger partial charge < -0.3 is 15.3 Å². The molecule has 3 nitrogen and oxygen atoms in total. The van der Waals surface area contributed by atoms with Crippen molar-refractivity contribution in [1.29, 1.82) is 0 Å². The predicted molar refractivity (Wildman–Crippen MR) is 91.8 cm³/mol. The zero-order valence-electron chi connectivity index (χ0n) is 12.9. The molecular formula is C20H20O3. The first-order chi connectivity index (χ1) is 11.1. The van der Waals surface area contributed by atoms with Crippen LogP contribution in [0.3, 0.4) is 0 Å². The number of aromatic hydroxyl groups is 3. The van der Waals surface area contributed by atoms with Crippen LogP contribution < -0.4 is 0 Å². The number of phenols is 3. The fraction of sp³-hybridized carbons (Fsp3) is 0.100. The molecule has 0 atom stereocenters. The zero-order chi connectivity index (χ0) is 16.7. The lowest BCUT2D eigenvalue weighted by atomic mass is 9.92. The molecule has 0 aliphatic rings. The molecule has 0 saturated heterocycles. The van der Waals surface area contributed by atoms with Gasteiger partial charge in [0, 0.05) is 17.0 Å². The van der Waals surface area contributed by atoms with Crippen molar-refractivity contribution in [2.45, 2.75) is 12.8 Å². The Hall–Kier alpha value is -2.94. The molecule has 0 bridgehead atoms. The van der Waals surface area contributed by atoms with Crippen molar-refractivity contribution in [2.75, 3.05) is 0 Å². The van der Waals surface area contributed by atoms with Crippen LogP contribution in [0, 0.1) is 0 Å². The molecule has 3 aromatic rings. The highest BCUT2D eigenvalue weighted by atomic mass is 16.3. The molecule has 3 N–H and O–H groups in total. The van der Waals surface area contributed by atoms with Crippen LogP contribution in [0.25, 0.3) is 0 Å². The maximum Gasteiger partial charge on any atom is 0.119 e. The minimum atomic E-state index is -0.0256. The summed E-state index contributed by atoms with van der Waals surface area (Å²) in [5, 5.41) is 28.1. The van der Waals surface area contributed by atoms with E-state index in [1.807, 2.05) is 37.3 Å². The number of para-hydroxylation sites is 3. The minimum absolute atomic E-state index is 0.0256. The summed E-state index contributed by atoms with van der Waals surface area (Å²) in [5.74, 6) is 0.821. The summed E-state index contributed by atoms with van der Waals surface area (Å²) >= 11 is 0. The number of rotatable bonds is 2. The zero-order valence-corrected chi connectivity index (χ0v) is 12.9. The van der Waals surface area contributed by atoms with Gasteiger partial charge in [0.05, 0.1) is 0 Å². The van der Waals surface area contributed by atoms with Crippen LogP contribution >= 0.6 is 0 Å². The molecule has 0 aliphatic heterocycles. The fourth-order valence-corrected chi connectivity index (χ4v) is 2.30. The van der Waals surface area contributed by atoms with Crippen LogP contribution in [0.4, 0.5) is 0 Å². The Morgan fingerprint density at radius 1 is 0.565 bits per heavy atom. The molecule has 3 rings (SSSR count). The first kappa shape index (κ1) is 16.4. The molecule has 0 heterocycles. The SMILES string of the molecule is CC(c1ccccc1O)c1ccccc1O.Oc1ccccc1. The summed E-state index contributed by atoms with van der Waals surface area (Å²) in [6.45, 7) is 1.96. The van der Waals surface area contributed by atoms with E-state index in [-0.39, 0.29) is 17.4 Å². The standard InChI is InChI=1S/C14H14O2.C6H6O/c1-10(11-6-2-4-8-13(11)15)12-7-3-5-9-14(12)16;7-6-4-2-1-3-5-6/h2-10,15-16H,1H3;1-5,7H. The van der Waals surface area contributed by atoms with Crippen molar-refractivity contribution in [1.82, 2.24) is 0 Å². The van der Waals surface area contributed by atoms with Gasteiger partial charge in [0.15, 0.2) is 0 Å². The molecule has 0 unspecified atom stereocenters. The third kappa shape index (κ3) is 4.51. The number of benzene rings is 3. The Morgan fingerprint density at radius 2 is 0.957 bits per heavy atom. The van der Waals surface area contributed by atoms with Crippen molar-refractivity contribution in [2.24, 2.45) is 0 Å². The van der Waals surface area contributed by atoms with E-state index < -0.39 is 0 Å². The molecule has 0 amide bonds. The second-order valence-electron chi connectivity index (χ2n) is 5.17. The molecular weight excluding hydrogens is 288 g/mol. The van der Waals surface area contributed by atoms with Crippen LogP contribution in [-0.4, -0.2) is 15.3 Å². The predicted octanol–water partition coefficient (Wildman–Crippen LogP) is 4.64. The third-order valence-corrected chi connectivity index (χ3v) is 3.56. The van der Waals surface area contributed by atoms with E-state index in [2.05, 4.69) is 0 Å². The Kier molecular flexibility index (Phi) is 5.64. The van der Waals surface area contributed by atoms with Gasteiger partial charge in [-0.2, -0.15) is 0 Å².